The van der Waals surface area contributed by atoms with Crippen LogP contribution < -0.4 is 0 Å². The van der Waals surface area contributed by atoms with Crippen LogP contribution in [0.25, 0.3) is 0 Å². The van der Waals surface area contributed by atoms with Crippen LogP contribution in [0.15, 0.2) is 103 Å². The minimum atomic E-state index is -0.143. The fourth-order valence-electron chi connectivity index (χ4n) is 4.30. The van der Waals surface area contributed by atoms with Gasteiger partial charge in [0.05, 0.1) is 5.41 Å². The van der Waals surface area contributed by atoms with Crippen LogP contribution in [0.1, 0.15) is 29.5 Å². The molecule has 1 fully saturated rings. The van der Waals surface area contributed by atoms with E-state index < -0.39 is 0 Å². The van der Waals surface area contributed by atoms with Crippen molar-refractivity contribution >= 4 is 0 Å². The Balaban J connectivity index is 1.77. The molecule has 1 saturated heterocycles. The van der Waals surface area contributed by atoms with Crippen molar-refractivity contribution in [2.24, 2.45) is 0 Å². The molecule has 0 saturated carbocycles. The molecule has 0 bridgehead atoms. The lowest BCUT2D eigenvalue weighted by atomic mass is 9.67. The van der Waals surface area contributed by atoms with E-state index in [4.69, 9.17) is 0 Å². The monoisotopic (exact) mass is 339 g/mol. The Morgan fingerprint density at radius 1 is 0.731 bits per heavy atom. The minimum absolute atomic E-state index is 0.143. The van der Waals surface area contributed by atoms with Crippen molar-refractivity contribution in [2.45, 2.75) is 24.8 Å². The lowest BCUT2D eigenvalue weighted by Gasteiger charge is -2.47. The first kappa shape index (κ1) is 16.7. The Labute approximate surface area is 156 Å². The first-order valence-electron chi connectivity index (χ1n) is 9.40. The van der Waals surface area contributed by atoms with Gasteiger partial charge in [-0.3, -0.25) is 0 Å². The molecule has 4 rings (SSSR count). The smallest absolute Gasteiger partial charge is 0.0595 e. The van der Waals surface area contributed by atoms with Crippen LogP contribution >= 0.6 is 0 Å². The highest BCUT2D eigenvalue weighted by atomic mass is 15.2. The number of piperidine rings is 1. The number of benzene rings is 3. The largest absolute Gasteiger partial charge is 0.370 e. The molecule has 26 heavy (non-hydrogen) atoms. The quantitative estimate of drug-likeness (QED) is 0.582. The van der Waals surface area contributed by atoms with E-state index in [0.29, 0.717) is 0 Å². The molecule has 3 aromatic carbocycles. The van der Waals surface area contributed by atoms with E-state index in [1.165, 1.54) is 22.4 Å². The highest BCUT2D eigenvalue weighted by Crippen LogP contribution is 2.46. The van der Waals surface area contributed by atoms with Crippen LogP contribution in [0, 0.1) is 0 Å². The third kappa shape index (κ3) is 2.94. The van der Waals surface area contributed by atoms with E-state index in [0.717, 1.165) is 25.9 Å². The predicted octanol–water partition coefficient (Wildman–Crippen LogP) is 5.78. The van der Waals surface area contributed by atoms with Gasteiger partial charge in [0.2, 0.25) is 0 Å². The van der Waals surface area contributed by atoms with Crippen molar-refractivity contribution in [2.75, 3.05) is 6.54 Å². The lowest BCUT2D eigenvalue weighted by Crippen LogP contribution is -2.43. The molecular formula is C25H25N. The molecule has 1 nitrogen and oxygen atoms in total. The van der Waals surface area contributed by atoms with Crippen molar-refractivity contribution in [1.82, 2.24) is 4.90 Å². The number of rotatable bonds is 4. The van der Waals surface area contributed by atoms with E-state index in [-0.39, 0.29) is 5.41 Å². The maximum atomic E-state index is 4.62. The fourth-order valence-corrected chi connectivity index (χ4v) is 4.30. The zero-order valence-electron chi connectivity index (χ0n) is 15.1. The van der Waals surface area contributed by atoms with Crippen LogP contribution in [0.4, 0.5) is 0 Å². The molecule has 130 valence electrons. The number of nitrogens with zero attached hydrogens (tertiary/aromatic N) is 1. The molecule has 0 N–H and O–H groups in total. The summed E-state index contributed by atoms with van der Waals surface area (Å²) in [5, 5.41) is 0. The molecule has 0 aliphatic carbocycles. The Bertz CT molecular complexity index is 813. The van der Waals surface area contributed by atoms with Gasteiger partial charge in [0.1, 0.15) is 0 Å². The lowest BCUT2D eigenvalue weighted by molar-refractivity contribution is 0.230. The Morgan fingerprint density at radius 3 is 1.77 bits per heavy atom. The van der Waals surface area contributed by atoms with Gasteiger partial charge in [-0.05, 0) is 29.5 Å². The van der Waals surface area contributed by atoms with Gasteiger partial charge < -0.3 is 4.90 Å². The summed E-state index contributed by atoms with van der Waals surface area (Å²) in [5.41, 5.74) is 5.09. The fraction of sp³-hybridized carbons (Fsp3) is 0.200. The average Bonchev–Trinajstić information content (AvgIpc) is 2.72. The number of allylic oxidation sites excluding steroid dienone is 1. The van der Waals surface area contributed by atoms with Crippen LogP contribution in [0.5, 0.6) is 0 Å². The van der Waals surface area contributed by atoms with Gasteiger partial charge in [-0.15, -0.1) is 0 Å². The highest BCUT2D eigenvalue weighted by molar-refractivity contribution is 5.48. The standard InChI is InChI=1S/C25H25N/c1-21-25(23-14-7-3-8-15-23,24-16-9-4-10-17-24)18-11-19-26(21)20-22-12-5-2-6-13-22/h2-10,12-17H,1,11,18-20H2. The van der Waals surface area contributed by atoms with Crippen molar-refractivity contribution in [3.8, 4) is 0 Å². The second-order valence-electron chi connectivity index (χ2n) is 7.09. The zero-order valence-corrected chi connectivity index (χ0v) is 15.1. The SMILES string of the molecule is C=C1N(Cc2ccccc2)CCCC1(c1ccccc1)c1ccccc1. The molecule has 1 aliphatic rings. The first-order chi connectivity index (χ1) is 12.8. The van der Waals surface area contributed by atoms with Crippen molar-refractivity contribution in [3.63, 3.8) is 0 Å². The molecule has 1 aliphatic heterocycles. The van der Waals surface area contributed by atoms with Crippen LogP contribution in [0.2, 0.25) is 0 Å². The first-order valence-corrected chi connectivity index (χ1v) is 9.40. The third-order valence-electron chi connectivity index (χ3n) is 5.60. The Morgan fingerprint density at radius 2 is 1.23 bits per heavy atom. The topological polar surface area (TPSA) is 3.24 Å². The average molecular weight is 339 g/mol. The van der Waals surface area contributed by atoms with Crippen LogP contribution in [-0.2, 0) is 12.0 Å². The van der Waals surface area contributed by atoms with Gasteiger partial charge in [0, 0.05) is 18.8 Å². The zero-order chi connectivity index (χ0) is 17.8. The summed E-state index contributed by atoms with van der Waals surface area (Å²) < 4.78 is 0. The van der Waals surface area contributed by atoms with Gasteiger partial charge in [0.15, 0.2) is 0 Å². The normalized spacial score (nSPS) is 16.5. The highest BCUT2D eigenvalue weighted by Gasteiger charge is 2.41. The van der Waals surface area contributed by atoms with E-state index in [9.17, 15) is 0 Å². The molecule has 0 atom stereocenters. The predicted molar refractivity (Wildman–Crippen MR) is 109 cm³/mol. The molecule has 0 amide bonds. The van der Waals surface area contributed by atoms with E-state index in [2.05, 4.69) is 102 Å². The van der Waals surface area contributed by atoms with Crippen molar-refractivity contribution < 1.29 is 0 Å². The van der Waals surface area contributed by atoms with E-state index in [1.807, 2.05) is 0 Å². The number of likely N-dealkylation sites (tertiary alicyclic amines) is 1. The van der Waals surface area contributed by atoms with Gasteiger partial charge in [0.25, 0.3) is 0 Å². The summed E-state index contributed by atoms with van der Waals surface area (Å²) in [4.78, 5) is 2.47. The van der Waals surface area contributed by atoms with Crippen molar-refractivity contribution in [3.05, 3.63) is 120 Å². The van der Waals surface area contributed by atoms with Crippen LogP contribution in [0.3, 0.4) is 0 Å². The van der Waals surface area contributed by atoms with E-state index in [1.54, 1.807) is 0 Å². The maximum absolute atomic E-state index is 4.62. The maximum Gasteiger partial charge on any atom is 0.0595 e. The Kier molecular flexibility index (Phi) is 4.62. The van der Waals surface area contributed by atoms with Crippen molar-refractivity contribution in [1.29, 1.82) is 0 Å². The second-order valence-corrected chi connectivity index (χ2v) is 7.09. The molecule has 1 heterocycles. The van der Waals surface area contributed by atoms with Gasteiger partial charge >= 0.3 is 0 Å². The Hall–Kier alpha value is -2.80. The molecule has 1 heteroatoms. The summed E-state index contributed by atoms with van der Waals surface area (Å²) in [5.74, 6) is 0. The van der Waals surface area contributed by atoms with Gasteiger partial charge in [-0.2, -0.15) is 0 Å². The molecule has 0 radical (unpaired) electrons. The summed E-state index contributed by atoms with van der Waals surface area (Å²) in [6.45, 7) is 6.61. The summed E-state index contributed by atoms with van der Waals surface area (Å²) >= 11 is 0. The third-order valence-corrected chi connectivity index (χ3v) is 5.60. The van der Waals surface area contributed by atoms with Gasteiger partial charge in [-0.1, -0.05) is 97.6 Å². The minimum Gasteiger partial charge on any atom is -0.370 e. The molecule has 0 unspecified atom stereocenters. The molecule has 3 aromatic rings. The molecule has 0 spiro atoms. The number of hydrogen-bond donors (Lipinski definition) is 0. The van der Waals surface area contributed by atoms with Crippen LogP contribution in [-0.4, -0.2) is 11.4 Å². The molecular weight excluding hydrogens is 314 g/mol. The number of hydrogen-bond acceptors (Lipinski definition) is 1. The van der Waals surface area contributed by atoms with E-state index >= 15 is 0 Å². The second kappa shape index (κ2) is 7.21. The summed E-state index contributed by atoms with van der Waals surface area (Å²) in [6.07, 6.45) is 2.26. The summed E-state index contributed by atoms with van der Waals surface area (Å²) in [6, 6.07) is 32.5. The molecule has 0 aromatic heterocycles. The van der Waals surface area contributed by atoms with Gasteiger partial charge in [-0.25, -0.2) is 0 Å². The summed E-state index contributed by atoms with van der Waals surface area (Å²) in [7, 11) is 0.